The zero-order chi connectivity index (χ0) is 12.1. The highest BCUT2D eigenvalue weighted by Crippen LogP contribution is 2.19. The van der Waals surface area contributed by atoms with Crippen molar-refractivity contribution in [1.29, 1.82) is 0 Å². The van der Waals surface area contributed by atoms with E-state index < -0.39 is 0 Å². The molecular weight excluding hydrogens is 254 g/mol. The van der Waals surface area contributed by atoms with Gasteiger partial charge in [0.05, 0.1) is 4.92 Å². The van der Waals surface area contributed by atoms with Crippen molar-refractivity contribution in [2.45, 2.75) is 13.0 Å². The molecule has 0 spiro atoms. The molecule has 2 rings (SSSR count). The van der Waals surface area contributed by atoms with E-state index in [1.165, 1.54) is 0 Å². The largest absolute Gasteiger partial charge is 0.315 e. The van der Waals surface area contributed by atoms with Crippen LogP contribution in [-0.2, 0) is 6.54 Å². The molecule has 0 unspecified atom stereocenters. The molecule has 1 aliphatic rings. The van der Waals surface area contributed by atoms with E-state index in [0.717, 1.165) is 38.2 Å². The van der Waals surface area contributed by atoms with Crippen molar-refractivity contribution in [3.8, 4) is 0 Å². The normalized spacial score (nSPS) is 16.7. The molecule has 5 nitrogen and oxygen atoms in total. The summed E-state index contributed by atoms with van der Waals surface area (Å²) in [5.74, 6) is 0. The third-order valence-corrected chi connectivity index (χ3v) is 3.01. The third kappa shape index (κ3) is 3.94. The van der Waals surface area contributed by atoms with Gasteiger partial charge in [-0.2, -0.15) is 0 Å². The van der Waals surface area contributed by atoms with E-state index in [1.54, 1.807) is 12.1 Å². The predicted molar refractivity (Wildman–Crippen MR) is 73.1 cm³/mol. The topological polar surface area (TPSA) is 58.4 Å². The van der Waals surface area contributed by atoms with Crippen LogP contribution in [0, 0.1) is 10.1 Å². The first kappa shape index (κ1) is 14.9. The molecule has 0 aliphatic carbocycles. The number of hydrogen-bond donors (Lipinski definition) is 1. The summed E-state index contributed by atoms with van der Waals surface area (Å²) in [6.07, 6.45) is 1.10. The number of nitrogens with zero attached hydrogens (tertiary/aromatic N) is 2. The van der Waals surface area contributed by atoms with Gasteiger partial charge in [-0.1, -0.05) is 18.2 Å². The molecule has 0 amide bonds. The highest BCUT2D eigenvalue weighted by Gasteiger charge is 2.16. The number of benzene rings is 1. The van der Waals surface area contributed by atoms with Crippen molar-refractivity contribution < 1.29 is 4.92 Å². The molecular formula is C12H18ClN3O2. The monoisotopic (exact) mass is 271 g/mol. The number of nitrogens with one attached hydrogen (secondary N) is 1. The fourth-order valence-corrected chi connectivity index (χ4v) is 2.12. The summed E-state index contributed by atoms with van der Waals surface area (Å²) in [4.78, 5) is 12.9. The Kier molecular flexibility index (Phi) is 6.04. The van der Waals surface area contributed by atoms with Gasteiger partial charge < -0.3 is 5.32 Å². The zero-order valence-electron chi connectivity index (χ0n) is 10.2. The van der Waals surface area contributed by atoms with Gasteiger partial charge >= 0.3 is 0 Å². The molecule has 6 heteroatoms. The number of hydrogen-bond acceptors (Lipinski definition) is 4. The Balaban J connectivity index is 0.00000162. The molecule has 1 heterocycles. The van der Waals surface area contributed by atoms with Crippen LogP contribution in [-0.4, -0.2) is 36.0 Å². The average Bonchev–Trinajstić information content (AvgIpc) is 2.58. The lowest BCUT2D eigenvalue weighted by Crippen LogP contribution is -2.27. The quantitative estimate of drug-likeness (QED) is 0.673. The maximum absolute atomic E-state index is 10.9. The highest BCUT2D eigenvalue weighted by molar-refractivity contribution is 5.85. The smallest absolute Gasteiger partial charge is 0.273 e. The Morgan fingerprint density at radius 2 is 2.06 bits per heavy atom. The maximum atomic E-state index is 10.9. The SMILES string of the molecule is Cl.O=[N+]([O-])c1ccccc1CN1CCCNCC1. The van der Waals surface area contributed by atoms with E-state index in [9.17, 15) is 10.1 Å². The minimum atomic E-state index is -0.300. The van der Waals surface area contributed by atoms with Gasteiger partial charge in [-0.3, -0.25) is 15.0 Å². The third-order valence-electron chi connectivity index (χ3n) is 3.01. The van der Waals surface area contributed by atoms with Crippen LogP contribution in [0.15, 0.2) is 24.3 Å². The maximum Gasteiger partial charge on any atom is 0.273 e. The molecule has 100 valence electrons. The van der Waals surface area contributed by atoms with Gasteiger partial charge in [0.2, 0.25) is 0 Å². The molecule has 1 N–H and O–H groups in total. The molecule has 0 aromatic heterocycles. The van der Waals surface area contributed by atoms with Gasteiger partial charge in [-0.15, -0.1) is 12.4 Å². The van der Waals surface area contributed by atoms with Crippen molar-refractivity contribution in [3.05, 3.63) is 39.9 Å². The first-order chi connectivity index (χ1) is 8.27. The number of nitro benzene ring substituents is 1. The van der Waals surface area contributed by atoms with Crippen LogP contribution in [0.25, 0.3) is 0 Å². The second kappa shape index (κ2) is 7.31. The first-order valence-electron chi connectivity index (χ1n) is 5.93. The Bertz CT molecular complexity index is 393. The summed E-state index contributed by atoms with van der Waals surface area (Å²) < 4.78 is 0. The Labute approximate surface area is 113 Å². The molecule has 1 aliphatic heterocycles. The molecule has 1 aromatic carbocycles. The van der Waals surface area contributed by atoms with E-state index in [4.69, 9.17) is 0 Å². The summed E-state index contributed by atoms with van der Waals surface area (Å²) in [6, 6.07) is 6.99. The highest BCUT2D eigenvalue weighted by atomic mass is 35.5. The lowest BCUT2D eigenvalue weighted by Gasteiger charge is -2.19. The molecule has 0 saturated carbocycles. The first-order valence-corrected chi connectivity index (χ1v) is 5.93. The van der Waals surface area contributed by atoms with E-state index in [2.05, 4.69) is 10.2 Å². The number of rotatable bonds is 3. The number of halogens is 1. The van der Waals surface area contributed by atoms with Crippen LogP contribution in [0.2, 0.25) is 0 Å². The average molecular weight is 272 g/mol. The van der Waals surface area contributed by atoms with Crippen LogP contribution in [0.4, 0.5) is 5.69 Å². The van der Waals surface area contributed by atoms with Crippen molar-refractivity contribution in [2.24, 2.45) is 0 Å². The molecule has 0 bridgehead atoms. The molecule has 0 radical (unpaired) electrons. The van der Waals surface area contributed by atoms with E-state index in [1.807, 2.05) is 12.1 Å². The molecule has 18 heavy (non-hydrogen) atoms. The summed E-state index contributed by atoms with van der Waals surface area (Å²) in [5.41, 5.74) is 1.03. The second-order valence-electron chi connectivity index (χ2n) is 4.27. The fraction of sp³-hybridized carbons (Fsp3) is 0.500. The van der Waals surface area contributed by atoms with Crippen LogP contribution < -0.4 is 5.32 Å². The number of nitro groups is 1. The van der Waals surface area contributed by atoms with Crippen LogP contribution in [0.1, 0.15) is 12.0 Å². The van der Waals surface area contributed by atoms with Gasteiger partial charge in [0, 0.05) is 31.3 Å². The molecule has 0 atom stereocenters. The second-order valence-corrected chi connectivity index (χ2v) is 4.27. The molecule has 1 aromatic rings. The Morgan fingerprint density at radius 1 is 1.28 bits per heavy atom. The van der Waals surface area contributed by atoms with Gasteiger partial charge in [0.1, 0.15) is 0 Å². The van der Waals surface area contributed by atoms with Crippen LogP contribution in [0.3, 0.4) is 0 Å². The van der Waals surface area contributed by atoms with Gasteiger partial charge in [-0.05, 0) is 19.5 Å². The van der Waals surface area contributed by atoms with Crippen molar-refractivity contribution in [2.75, 3.05) is 26.2 Å². The molecule has 1 saturated heterocycles. The van der Waals surface area contributed by atoms with Gasteiger partial charge in [0.25, 0.3) is 5.69 Å². The standard InChI is InChI=1S/C12H17N3O2.ClH/c16-15(17)12-5-2-1-4-11(12)10-14-8-3-6-13-7-9-14;/h1-2,4-5,13H,3,6-10H2;1H. The minimum Gasteiger partial charge on any atom is -0.315 e. The lowest BCUT2D eigenvalue weighted by atomic mass is 10.1. The van der Waals surface area contributed by atoms with E-state index >= 15 is 0 Å². The summed E-state index contributed by atoms with van der Waals surface area (Å²) in [5, 5.41) is 14.2. The summed E-state index contributed by atoms with van der Waals surface area (Å²) >= 11 is 0. The lowest BCUT2D eigenvalue weighted by molar-refractivity contribution is -0.385. The van der Waals surface area contributed by atoms with E-state index in [0.29, 0.717) is 6.54 Å². The fourth-order valence-electron chi connectivity index (χ4n) is 2.12. The summed E-state index contributed by atoms with van der Waals surface area (Å²) in [7, 11) is 0. The van der Waals surface area contributed by atoms with Crippen LogP contribution >= 0.6 is 12.4 Å². The minimum absolute atomic E-state index is 0. The predicted octanol–water partition coefficient (Wildman–Crippen LogP) is 1.81. The van der Waals surface area contributed by atoms with Gasteiger partial charge in [-0.25, -0.2) is 0 Å². The summed E-state index contributed by atoms with van der Waals surface area (Å²) in [6.45, 7) is 4.61. The Morgan fingerprint density at radius 3 is 2.83 bits per heavy atom. The van der Waals surface area contributed by atoms with Crippen molar-refractivity contribution >= 4 is 18.1 Å². The van der Waals surface area contributed by atoms with Crippen molar-refractivity contribution in [3.63, 3.8) is 0 Å². The number of para-hydroxylation sites is 1. The van der Waals surface area contributed by atoms with E-state index in [-0.39, 0.29) is 23.0 Å². The zero-order valence-corrected chi connectivity index (χ0v) is 11.0. The molecule has 1 fully saturated rings. The van der Waals surface area contributed by atoms with Gasteiger partial charge in [0.15, 0.2) is 0 Å². The van der Waals surface area contributed by atoms with Crippen LogP contribution in [0.5, 0.6) is 0 Å². The Hall–Kier alpha value is -1.17. The van der Waals surface area contributed by atoms with Crippen molar-refractivity contribution in [1.82, 2.24) is 10.2 Å².